The molecule has 1 N–H and O–H groups in total. The van der Waals surface area contributed by atoms with Crippen LogP contribution in [0.25, 0.3) is 16.6 Å². The van der Waals surface area contributed by atoms with Gasteiger partial charge in [-0.15, -0.1) is 0 Å². The molecule has 0 aliphatic rings. The fraction of sp³-hybridized carbons (Fsp3) is 0.0714. The Bertz CT molecular complexity index is 859. The number of aromatic nitrogens is 2. The van der Waals surface area contributed by atoms with E-state index < -0.39 is 4.92 Å². The molecular weight excluding hydrogens is 258 g/mol. The van der Waals surface area contributed by atoms with E-state index in [9.17, 15) is 14.9 Å². The topological polar surface area (TPSA) is 80.4 Å². The van der Waals surface area contributed by atoms with Gasteiger partial charge in [0.2, 0.25) is 0 Å². The lowest BCUT2D eigenvalue weighted by atomic mass is 10.1. The number of aromatic amines is 1. The maximum Gasteiger partial charge on any atom is 0.330 e. The molecule has 6 nitrogen and oxygen atoms in total. The second kappa shape index (κ2) is 4.34. The van der Waals surface area contributed by atoms with Crippen molar-refractivity contribution in [1.29, 1.82) is 0 Å². The van der Waals surface area contributed by atoms with Gasteiger partial charge in [0.25, 0.3) is 5.69 Å². The minimum absolute atomic E-state index is 0.0474. The van der Waals surface area contributed by atoms with E-state index in [1.165, 1.54) is 16.5 Å². The van der Waals surface area contributed by atoms with E-state index in [4.69, 9.17) is 0 Å². The zero-order valence-corrected chi connectivity index (χ0v) is 10.7. The van der Waals surface area contributed by atoms with Gasteiger partial charge >= 0.3 is 5.69 Å². The molecule has 2 heterocycles. The summed E-state index contributed by atoms with van der Waals surface area (Å²) >= 11 is 0. The van der Waals surface area contributed by atoms with E-state index in [0.717, 1.165) is 22.3 Å². The lowest BCUT2D eigenvalue weighted by Crippen LogP contribution is -2.15. The first kappa shape index (κ1) is 12.2. The quantitative estimate of drug-likeness (QED) is 0.573. The number of nitrogens with one attached hydrogen (secondary N) is 1. The Morgan fingerprint density at radius 1 is 1.15 bits per heavy atom. The molecule has 0 radical (unpaired) electrons. The second-order valence-electron chi connectivity index (χ2n) is 4.59. The summed E-state index contributed by atoms with van der Waals surface area (Å²) in [6, 6.07) is 10.0. The van der Waals surface area contributed by atoms with Gasteiger partial charge in [-0.25, -0.2) is 4.79 Å². The highest BCUT2D eigenvalue weighted by atomic mass is 16.6. The number of aryl methyl sites for hydroxylation is 1. The summed E-state index contributed by atoms with van der Waals surface area (Å²) in [4.78, 5) is 24.7. The van der Waals surface area contributed by atoms with E-state index in [1.54, 1.807) is 18.3 Å². The van der Waals surface area contributed by atoms with Crippen LogP contribution < -0.4 is 5.69 Å². The highest BCUT2D eigenvalue weighted by Gasteiger charge is 2.08. The zero-order valence-electron chi connectivity index (χ0n) is 10.7. The maximum atomic E-state index is 11.8. The van der Waals surface area contributed by atoms with Crippen LogP contribution in [0.3, 0.4) is 0 Å². The van der Waals surface area contributed by atoms with Crippen molar-refractivity contribution in [3.05, 3.63) is 68.9 Å². The van der Waals surface area contributed by atoms with Gasteiger partial charge in [0.15, 0.2) is 0 Å². The van der Waals surface area contributed by atoms with Crippen LogP contribution >= 0.6 is 0 Å². The van der Waals surface area contributed by atoms with Gasteiger partial charge in [0, 0.05) is 29.6 Å². The summed E-state index contributed by atoms with van der Waals surface area (Å²) in [6.07, 6.45) is 1.72. The number of hydrogen-bond donors (Lipinski definition) is 1. The molecule has 3 aromatic rings. The summed E-state index contributed by atoms with van der Waals surface area (Å²) in [5, 5.41) is 10.6. The van der Waals surface area contributed by atoms with Crippen molar-refractivity contribution in [3.8, 4) is 11.1 Å². The number of fused-ring (bicyclic) bond motifs is 1. The largest absolute Gasteiger partial charge is 0.330 e. The number of nitro benzene ring substituents is 1. The Labute approximate surface area is 113 Å². The normalized spacial score (nSPS) is 10.8. The Morgan fingerprint density at radius 2 is 1.85 bits per heavy atom. The number of non-ortho nitro benzene ring substituents is 1. The van der Waals surface area contributed by atoms with Gasteiger partial charge in [-0.2, -0.15) is 0 Å². The minimum Gasteiger partial charge on any atom is -0.311 e. The molecule has 0 aliphatic carbocycles. The van der Waals surface area contributed by atoms with E-state index >= 15 is 0 Å². The summed E-state index contributed by atoms with van der Waals surface area (Å²) in [6.45, 7) is 1.82. The lowest BCUT2D eigenvalue weighted by molar-refractivity contribution is -0.384. The van der Waals surface area contributed by atoms with Crippen LogP contribution in [0.4, 0.5) is 5.69 Å². The first-order valence-corrected chi connectivity index (χ1v) is 6.01. The van der Waals surface area contributed by atoms with E-state index in [0.29, 0.717) is 0 Å². The van der Waals surface area contributed by atoms with Crippen LogP contribution in [0, 0.1) is 17.0 Å². The molecule has 0 unspecified atom stereocenters. The summed E-state index contributed by atoms with van der Waals surface area (Å²) in [7, 11) is 0. The SMILES string of the molecule is Cc1cc2cc(-c3ccc([N+](=O)[O-])cc3)cn2c(=O)[nH]1. The van der Waals surface area contributed by atoms with Crippen LogP contribution in [-0.2, 0) is 0 Å². The first-order valence-electron chi connectivity index (χ1n) is 6.01. The number of benzene rings is 1. The second-order valence-corrected chi connectivity index (χ2v) is 4.59. The van der Waals surface area contributed by atoms with Crippen molar-refractivity contribution >= 4 is 11.2 Å². The predicted molar refractivity (Wildman–Crippen MR) is 74.8 cm³/mol. The smallest absolute Gasteiger partial charge is 0.311 e. The molecule has 3 rings (SSSR count). The molecule has 1 aromatic carbocycles. The Hall–Kier alpha value is -2.89. The molecule has 20 heavy (non-hydrogen) atoms. The van der Waals surface area contributed by atoms with Gasteiger partial charge in [-0.3, -0.25) is 14.5 Å². The molecular formula is C14H11N3O3. The molecule has 6 heteroatoms. The van der Waals surface area contributed by atoms with Crippen LogP contribution in [0.1, 0.15) is 5.69 Å². The number of hydrogen-bond acceptors (Lipinski definition) is 3. The lowest BCUT2D eigenvalue weighted by Gasteiger charge is -1.96. The number of nitro groups is 1. The maximum absolute atomic E-state index is 11.8. The molecule has 0 amide bonds. The van der Waals surface area contributed by atoms with Crippen LogP contribution in [0.2, 0.25) is 0 Å². The third-order valence-electron chi connectivity index (χ3n) is 3.15. The van der Waals surface area contributed by atoms with Gasteiger partial charge in [-0.1, -0.05) is 0 Å². The fourth-order valence-corrected chi connectivity index (χ4v) is 2.19. The molecule has 0 bridgehead atoms. The molecule has 2 aromatic heterocycles. The molecule has 100 valence electrons. The number of H-pyrrole nitrogens is 1. The standard InChI is InChI=1S/C14H11N3O3/c1-9-6-13-7-11(8-16(13)14(18)15-9)10-2-4-12(5-3-10)17(19)20/h2-8H,1H3,(H,15,18). The highest BCUT2D eigenvalue weighted by Crippen LogP contribution is 2.24. The third-order valence-corrected chi connectivity index (χ3v) is 3.15. The third kappa shape index (κ3) is 1.97. The van der Waals surface area contributed by atoms with E-state index in [2.05, 4.69) is 4.98 Å². The van der Waals surface area contributed by atoms with Crippen molar-refractivity contribution in [2.75, 3.05) is 0 Å². The van der Waals surface area contributed by atoms with E-state index in [-0.39, 0.29) is 11.4 Å². The fourth-order valence-electron chi connectivity index (χ4n) is 2.19. The average molecular weight is 269 g/mol. The molecule has 0 fully saturated rings. The predicted octanol–water partition coefficient (Wildman–Crippen LogP) is 2.51. The van der Waals surface area contributed by atoms with Gasteiger partial charge in [-0.05, 0) is 36.8 Å². The van der Waals surface area contributed by atoms with Gasteiger partial charge < -0.3 is 4.98 Å². The zero-order chi connectivity index (χ0) is 14.3. The molecule has 0 saturated carbocycles. The van der Waals surface area contributed by atoms with Crippen LogP contribution in [0.5, 0.6) is 0 Å². The van der Waals surface area contributed by atoms with Crippen LogP contribution in [-0.4, -0.2) is 14.3 Å². The summed E-state index contributed by atoms with van der Waals surface area (Å²) < 4.78 is 1.52. The van der Waals surface area contributed by atoms with Crippen LogP contribution in [0.15, 0.2) is 47.4 Å². The van der Waals surface area contributed by atoms with Gasteiger partial charge in [0.05, 0.1) is 10.4 Å². The molecule has 0 saturated heterocycles. The van der Waals surface area contributed by atoms with Gasteiger partial charge in [0.1, 0.15) is 0 Å². The Balaban J connectivity index is 2.12. The van der Waals surface area contributed by atoms with Crippen molar-refractivity contribution in [2.24, 2.45) is 0 Å². The molecule has 0 aliphatic heterocycles. The highest BCUT2D eigenvalue weighted by molar-refractivity contribution is 5.71. The Morgan fingerprint density at radius 3 is 2.50 bits per heavy atom. The summed E-state index contributed by atoms with van der Waals surface area (Å²) in [5.74, 6) is 0. The first-order chi connectivity index (χ1) is 9.54. The summed E-state index contributed by atoms with van der Waals surface area (Å²) in [5.41, 5.74) is 3.10. The number of rotatable bonds is 2. The minimum atomic E-state index is -0.436. The van der Waals surface area contributed by atoms with E-state index in [1.807, 2.05) is 19.1 Å². The van der Waals surface area contributed by atoms with Crippen molar-refractivity contribution in [3.63, 3.8) is 0 Å². The van der Waals surface area contributed by atoms with Crippen molar-refractivity contribution in [1.82, 2.24) is 9.38 Å². The Kier molecular flexibility index (Phi) is 2.64. The van der Waals surface area contributed by atoms with Crippen molar-refractivity contribution in [2.45, 2.75) is 6.92 Å². The van der Waals surface area contributed by atoms with Crippen molar-refractivity contribution < 1.29 is 4.92 Å². The number of nitrogens with zero attached hydrogens (tertiary/aromatic N) is 2. The molecule has 0 atom stereocenters. The molecule has 0 spiro atoms. The monoisotopic (exact) mass is 269 g/mol. The average Bonchev–Trinajstić information content (AvgIpc) is 2.83.